The molecule has 0 aromatic heterocycles. The van der Waals surface area contributed by atoms with E-state index in [0.717, 1.165) is 82.8 Å². The highest BCUT2D eigenvalue weighted by Gasteiger charge is 2.59. The summed E-state index contributed by atoms with van der Waals surface area (Å²) in [6.45, 7) is 3.13. The van der Waals surface area contributed by atoms with Crippen LogP contribution in [-0.4, -0.2) is 123 Å². The maximum atomic E-state index is 13.3. The van der Waals surface area contributed by atoms with Gasteiger partial charge in [0.15, 0.2) is 5.12 Å². The van der Waals surface area contributed by atoms with Crippen LogP contribution in [0.25, 0.3) is 0 Å². The molecule has 0 amide bonds. The van der Waals surface area contributed by atoms with Gasteiger partial charge in [0.05, 0.1) is 19.6 Å². The van der Waals surface area contributed by atoms with E-state index in [9.17, 15) is 77.1 Å². The van der Waals surface area contributed by atoms with E-state index in [1.807, 2.05) is 6.92 Å². The lowest BCUT2D eigenvalue weighted by Gasteiger charge is -2.45. The molecule has 9 N–H and O–H groups in total. The molecule has 28 heteroatoms. The van der Waals surface area contributed by atoms with Crippen LogP contribution in [0.3, 0.4) is 0 Å². The first-order valence-electron chi connectivity index (χ1n) is 23.6. The van der Waals surface area contributed by atoms with Crippen molar-refractivity contribution in [3.8, 4) is 0 Å². The number of esters is 2. The Bertz CT molecular complexity index is 1570. The van der Waals surface area contributed by atoms with Crippen molar-refractivity contribution in [2.75, 3.05) is 19.0 Å². The third-order valence-corrected chi connectivity index (χ3v) is 14.2. The number of rotatable bonds is 41. The maximum Gasteiger partial charge on any atom is 0.472 e. The molecule has 4 unspecified atom stereocenters. The van der Waals surface area contributed by atoms with Gasteiger partial charge in [-0.25, -0.2) is 18.3 Å². The van der Waals surface area contributed by atoms with E-state index in [1.165, 1.54) is 56.7 Å². The number of phosphoric acid groups is 4. The van der Waals surface area contributed by atoms with Gasteiger partial charge >= 0.3 is 43.2 Å². The van der Waals surface area contributed by atoms with Gasteiger partial charge in [-0.2, -0.15) is 0 Å². The maximum absolute atomic E-state index is 13.3. The number of carbonyl (C=O) groups is 3. The minimum Gasteiger partial charge on any atom is -0.466 e. The Kier molecular flexibility index (Phi) is 34.1. The second kappa shape index (κ2) is 35.5. The largest absolute Gasteiger partial charge is 0.472 e. The Morgan fingerprint density at radius 3 is 1.38 bits per heavy atom. The lowest BCUT2D eigenvalue weighted by Crippen LogP contribution is -2.65. The Balaban J connectivity index is 2.91. The summed E-state index contributed by atoms with van der Waals surface area (Å²) in [6.07, 6.45) is 3.65. The van der Waals surface area contributed by atoms with Crippen LogP contribution in [0.1, 0.15) is 174 Å². The SMILES string of the molecule is CCCCCCCCCCCCCCCC(=O)O[C@@H](COP(=O)(O)OC1C(O)[C@H](OP(=O)(O)O)C(OP(=O)(O)O)[C@H](OP(=O)(O)O)[C@@H]1O)CC(=O)OCCCCCCCCCCSC(=O)CCC. The summed E-state index contributed by atoms with van der Waals surface area (Å²) < 4.78 is 82.0. The molecule has 1 rings (SSSR count). The Morgan fingerprint density at radius 1 is 0.500 bits per heavy atom. The normalized spacial score (nSPS) is 21.6. The minimum atomic E-state index is -5.80. The average molecular weight is 1080 g/mol. The molecule has 1 saturated carbocycles. The third-order valence-electron chi connectivity index (χ3n) is 10.6. The van der Waals surface area contributed by atoms with Crippen LogP contribution >= 0.6 is 43.1 Å². The number of aliphatic hydroxyl groups excluding tert-OH is 2. The monoisotopic (exact) mass is 1080 g/mol. The average Bonchev–Trinajstić information content (AvgIpc) is 3.22. The van der Waals surface area contributed by atoms with Gasteiger partial charge < -0.3 is 53.9 Å². The quantitative estimate of drug-likeness (QED) is 0.0166. The van der Waals surface area contributed by atoms with Gasteiger partial charge in [-0.05, 0) is 25.7 Å². The molecule has 8 atom stereocenters. The second-order valence-corrected chi connectivity index (χ2v) is 23.0. The topological polar surface area (TPSA) is 366 Å². The highest BCUT2D eigenvalue weighted by Crippen LogP contribution is 2.53. The van der Waals surface area contributed by atoms with Crippen molar-refractivity contribution < 1.29 is 109 Å². The molecule has 0 radical (unpaired) electrons. The summed E-state index contributed by atoms with van der Waals surface area (Å²) in [7, 11) is -23.1. The smallest absolute Gasteiger partial charge is 0.466 e. The first-order chi connectivity index (χ1) is 31.9. The molecular formula is C40H78O23P4S. The fraction of sp³-hybridized carbons (Fsp3) is 0.925. The Morgan fingerprint density at radius 2 is 0.926 bits per heavy atom. The summed E-state index contributed by atoms with van der Waals surface area (Å²) in [5.41, 5.74) is 0. The standard InChI is InChI=1S/C40H78O23P4S/c1-3-5-6-7-8-9-10-11-12-13-16-19-22-26-32(41)59-31(29-33(42)57-27-23-20-17-14-15-18-21-24-28-68-34(43)25-4-2)30-58-67(55,56)63-37-35(44)38(60-64(46,47)48)40(62-66(52,53)54)39(36(37)45)61-65(49,50)51/h31,35-40,44-45H,3-30H2,1-2H3,(H,55,56)(H2,46,47,48)(H2,49,50,51)(H2,52,53,54)/t31-,35-,36?,37?,38-,39+,40?/m1/s1. The fourth-order valence-electron chi connectivity index (χ4n) is 7.30. The number of phosphoric ester groups is 4. The summed E-state index contributed by atoms with van der Waals surface area (Å²) in [5, 5.41) is 22.0. The molecule has 0 aliphatic heterocycles. The lowest BCUT2D eigenvalue weighted by atomic mass is 9.85. The van der Waals surface area contributed by atoms with Crippen LogP contribution in [-0.2, 0) is 64.7 Å². The number of aliphatic hydroxyl groups is 2. The second-order valence-electron chi connectivity index (χ2n) is 16.8. The van der Waals surface area contributed by atoms with Crippen molar-refractivity contribution in [2.45, 2.75) is 217 Å². The molecule has 0 aromatic rings. The highest BCUT2D eigenvalue weighted by molar-refractivity contribution is 8.13. The number of ether oxygens (including phenoxy) is 2. The number of unbranched alkanes of at least 4 members (excludes halogenated alkanes) is 19. The van der Waals surface area contributed by atoms with E-state index in [0.29, 0.717) is 25.7 Å². The number of thioether (sulfide) groups is 1. The van der Waals surface area contributed by atoms with E-state index in [4.69, 9.17) is 18.5 Å². The van der Waals surface area contributed by atoms with E-state index < -0.39 is 99.0 Å². The van der Waals surface area contributed by atoms with Gasteiger partial charge in [0.1, 0.15) is 42.7 Å². The van der Waals surface area contributed by atoms with Crippen molar-refractivity contribution in [1.29, 1.82) is 0 Å². The Hall–Kier alpha value is -0.680. The van der Waals surface area contributed by atoms with Crippen molar-refractivity contribution in [2.24, 2.45) is 0 Å². The lowest BCUT2D eigenvalue weighted by molar-refractivity contribution is -0.209. The van der Waals surface area contributed by atoms with Crippen molar-refractivity contribution in [3.05, 3.63) is 0 Å². The van der Waals surface area contributed by atoms with Gasteiger partial charge in [0.25, 0.3) is 0 Å². The van der Waals surface area contributed by atoms with Crippen molar-refractivity contribution in [1.82, 2.24) is 0 Å². The minimum absolute atomic E-state index is 0.0177. The molecule has 1 fully saturated rings. The first-order valence-corrected chi connectivity index (χ1v) is 30.7. The Labute approximate surface area is 404 Å². The molecule has 0 saturated heterocycles. The summed E-state index contributed by atoms with van der Waals surface area (Å²) in [4.78, 5) is 105. The first kappa shape index (κ1) is 65.3. The fourth-order valence-corrected chi connectivity index (χ4v) is 10.9. The van der Waals surface area contributed by atoms with Gasteiger partial charge in [0, 0.05) is 18.6 Å². The molecule has 23 nitrogen and oxygen atoms in total. The van der Waals surface area contributed by atoms with Crippen LogP contribution in [0.2, 0.25) is 0 Å². The van der Waals surface area contributed by atoms with Gasteiger partial charge in [-0.15, -0.1) is 0 Å². The summed E-state index contributed by atoms with van der Waals surface area (Å²) in [5.74, 6) is -0.822. The number of hydrogen-bond acceptors (Lipinski definition) is 17. The summed E-state index contributed by atoms with van der Waals surface area (Å²) in [6, 6.07) is 0. The molecule has 1 aliphatic carbocycles. The highest BCUT2D eigenvalue weighted by atomic mass is 32.2. The summed E-state index contributed by atoms with van der Waals surface area (Å²) >= 11 is 1.38. The predicted octanol–water partition coefficient (Wildman–Crippen LogP) is 7.16. The van der Waals surface area contributed by atoms with Crippen LogP contribution in [0, 0.1) is 0 Å². The third kappa shape index (κ3) is 33.1. The van der Waals surface area contributed by atoms with Crippen LogP contribution in [0.4, 0.5) is 0 Å². The zero-order valence-corrected chi connectivity index (χ0v) is 43.7. The molecule has 0 bridgehead atoms. The predicted molar refractivity (Wildman–Crippen MR) is 248 cm³/mol. The van der Waals surface area contributed by atoms with Crippen molar-refractivity contribution >= 4 is 60.1 Å². The van der Waals surface area contributed by atoms with E-state index in [2.05, 4.69) is 20.5 Å². The molecular weight excluding hydrogens is 1000 g/mol. The van der Waals surface area contributed by atoms with Crippen molar-refractivity contribution in [3.63, 3.8) is 0 Å². The van der Waals surface area contributed by atoms with Crippen LogP contribution in [0.15, 0.2) is 0 Å². The molecule has 1 aliphatic rings. The van der Waals surface area contributed by atoms with E-state index in [-0.39, 0.29) is 18.1 Å². The molecule has 0 aromatic carbocycles. The molecule has 68 heavy (non-hydrogen) atoms. The van der Waals surface area contributed by atoms with Crippen LogP contribution in [0.5, 0.6) is 0 Å². The van der Waals surface area contributed by atoms with E-state index >= 15 is 0 Å². The molecule has 402 valence electrons. The zero-order chi connectivity index (χ0) is 51.2. The van der Waals surface area contributed by atoms with Gasteiger partial charge in [-0.1, -0.05) is 141 Å². The molecule has 0 spiro atoms. The zero-order valence-electron chi connectivity index (χ0n) is 39.3. The molecule has 0 heterocycles. The van der Waals surface area contributed by atoms with Gasteiger partial charge in [0.2, 0.25) is 0 Å². The van der Waals surface area contributed by atoms with Crippen LogP contribution < -0.4 is 0 Å². The van der Waals surface area contributed by atoms with E-state index in [1.54, 1.807) is 0 Å². The number of carbonyl (C=O) groups excluding carboxylic acids is 3. The van der Waals surface area contributed by atoms with Gasteiger partial charge in [-0.3, -0.25) is 37.0 Å². The number of hydrogen-bond donors (Lipinski definition) is 9.